The molecule has 14 heavy (non-hydrogen) atoms. The molecule has 0 radical (unpaired) electrons. The fraction of sp³-hybridized carbons (Fsp3) is 0.111. The molecule has 74 valence electrons. The summed E-state index contributed by atoms with van der Waals surface area (Å²) in [6, 6.07) is 3.10. The van der Waals surface area contributed by atoms with Gasteiger partial charge >= 0.3 is 5.97 Å². The Balaban J connectivity index is 3.29. The Morgan fingerprint density at radius 2 is 2.00 bits per heavy atom. The molecule has 0 heterocycles. The van der Waals surface area contributed by atoms with E-state index in [0.29, 0.717) is 0 Å². The first-order valence-electron chi connectivity index (χ1n) is 3.74. The zero-order chi connectivity index (χ0) is 10.7. The predicted molar refractivity (Wildman–Crippen MR) is 46.3 cm³/mol. The van der Waals surface area contributed by atoms with Gasteiger partial charge in [-0.25, -0.2) is 9.18 Å². The average molecular weight is 197 g/mol. The number of carbonyl (C=O) groups is 2. The summed E-state index contributed by atoms with van der Waals surface area (Å²) in [7, 11) is 1.14. The van der Waals surface area contributed by atoms with Crippen molar-refractivity contribution in [1.29, 1.82) is 0 Å². The summed E-state index contributed by atoms with van der Waals surface area (Å²) in [5.74, 6) is -2.22. The fourth-order valence-electron chi connectivity index (χ4n) is 1.01. The number of nitrogens with two attached hydrogens (primary N) is 1. The van der Waals surface area contributed by atoms with Crippen LogP contribution in [0.2, 0.25) is 0 Å². The van der Waals surface area contributed by atoms with Crippen molar-refractivity contribution in [3.05, 3.63) is 35.1 Å². The lowest BCUT2D eigenvalue weighted by Gasteiger charge is -2.03. The topological polar surface area (TPSA) is 69.4 Å². The maximum atomic E-state index is 12.7. The Bertz CT molecular complexity index is 390. The number of ether oxygens (including phenoxy) is 1. The zero-order valence-corrected chi connectivity index (χ0v) is 7.41. The molecule has 0 aliphatic carbocycles. The van der Waals surface area contributed by atoms with Crippen molar-refractivity contribution in [2.24, 2.45) is 5.73 Å². The number of amides is 1. The molecule has 1 aromatic rings. The first-order chi connectivity index (χ1) is 6.56. The Morgan fingerprint density at radius 3 is 2.50 bits per heavy atom. The number of hydrogen-bond donors (Lipinski definition) is 1. The molecule has 0 aliphatic rings. The van der Waals surface area contributed by atoms with Gasteiger partial charge in [-0.1, -0.05) is 0 Å². The third-order valence-corrected chi connectivity index (χ3v) is 1.65. The summed E-state index contributed by atoms with van der Waals surface area (Å²) in [5.41, 5.74) is 4.76. The van der Waals surface area contributed by atoms with E-state index in [1.54, 1.807) is 0 Å². The summed E-state index contributed by atoms with van der Waals surface area (Å²) < 4.78 is 17.1. The van der Waals surface area contributed by atoms with Crippen molar-refractivity contribution in [1.82, 2.24) is 0 Å². The molecule has 0 aliphatic heterocycles. The number of rotatable bonds is 2. The van der Waals surface area contributed by atoms with Gasteiger partial charge in [0.2, 0.25) is 5.91 Å². The van der Waals surface area contributed by atoms with E-state index in [-0.39, 0.29) is 11.1 Å². The van der Waals surface area contributed by atoms with Crippen molar-refractivity contribution < 1.29 is 18.7 Å². The van der Waals surface area contributed by atoms with Crippen molar-refractivity contribution in [3.63, 3.8) is 0 Å². The summed E-state index contributed by atoms with van der Waals surface area (Å²) in [6.45, 7) is 0. The highest BCUT2D eigenvalue weighted by atomic mass is 19.1. The highest BCUT2D eigenvalue weighted by molar-refractivity contribution is 6.04. The normalized spacial score (nSPS) is 9.57. The molecule has 0 unspecified atom stereocenters. The molecule has 0 aromatic heterocycles. The molecule has 2 N–H and O–H groups in total. The van der Waals surface area contributed by atoms with Gasteiger partial charge in [-0.2, -0.15) is 0 Å². The van der Waals surface area contributed by atoms with Gasteiger partial charge in [-0.05, 0) is 18.2 Å². The number of hydrogen-bond acceptors (Lipinski definition) is 3. The van der Waals surface area contributed by atoms with Gasteiger partial charge < -0.3 is 10.5 Å². The number of primary amides is 1. The molecule has 5 heteroatoms. The fourth-order valence-corrected chi connectivity index (χ4v) is 1.01. The van der Waals surface area contributed by atoms with Gasteiger partial charge in [0.1, 0.15) is 5.82 Å². The lowest BCUT2D eigenvalue weighted by molar-refractivity contribution is 0.0596. The summed E-state index contributed by atoms with van der Waals surface area (Å²) in [5, 5.41) is 0. The molecule has 1 aromatic carbocycles. The molecule has 0 bridgehead atoms. The summed E-state index contributed by atoms with van der Waals surface area (Å²) in [6.07, 6.45) is 0. The number of benzene rings is 1. The molecule has 1 rings (SSSR count). The van der Waals surface area contributed by atoms with E-state index in [1.165, 1.54) is 0 Å². The Hall–Kier alpha value is -1.91. The molecule has 0 saturated carbocycles. The number of carbonyl (C=O) groups excluding carboxylic acids is 2. The van der Waals surface area contributed by atoms with Gasteiger partial charge in [0, 0.05) is 0 Å². The second-order valence-electron chi connectivity index (χ2n) is 2.55. The first-order valence-corrected chi connectivity index (χ1v) is 3.74. The molecule has 1 amide bonds. The smallest absolute Gasteiger partial charge is 0.338 e. The molecular weight excluding hydrogens is 189 g/mol. The van der Waals surface area contributed by atoms with E-state index in [1.807, 2.05) is 0 Å². The Kier molecular flexibility index (Phi) is 2.81. The van der Waals surface area contributed by atoms with Crippen LogP contribution in [-0.4, -0.2) is 19.0 Å². The molecule has 0 atom stereocenters. The number of halogens is 1. The van der Waals surface area contributed by atoms with Gasteiger partial charge in [-0.3, -0.25) is 4.79 Å². The van der Waals surface area contributed by atoms with Crippen LogP contribution in [0, 0.1) is 5.82 Å². The maximum Gasteiger partial charge on any atom is 0.338 e. The second kappa shape index (κ2) is 3.87. The lowest BCUT2D eigenvalue weighted by atomic mass is 10.1. The van der Waals surface area contributed by atoms with E-state index in [4.69, 9.17) is 5.73 Å². The molecular formula is C9H8FNO3. The second-order valence-corrected chi connectivity index (χ2v) is 2.55. The minimum atomic E-state index is -0.801. The van der Waals surface area contributed by atoms with Gasteiger partial charge in [0.05, 0.1) is 18.2 Å². The van der Waals surface area contributed by atoms with Crippen molar-refractivity contribution in [3.8, 4) is 0 Å². The predicted octanol–water partition coefficient (Wildman–Crippen LogP) is 0.711. The monoisotopic (exact) mass is 197 g/mol. The van der Waals surface area contributed by atoms with E-state index >= 15 is 0 Å². The number of esters is 1. The Morgan fingerprint density at radius 1 is 1.36 bits per heavy atom. The van der Waals surface area contributed by atoms with Crippen LogP contribution < -0.4 is 5.73 Å². The highest BCUT2D eigenvalue weighted by Crippen LogP contribution is 2.11. The molecule has 0 saturated heterocycles. The first kappa shape index (κ1) is 10.2. The van der Waals surface area contributed by atoms with Crippen molar-refractivity contribution >= 4 is 11.9 Å². The largest absolute Gasteiger partial charge is 0.465 e. The number of methoxy groups -OCH3 is 1. The van der Waals surface area contributed by atoms with E-state index in [2.05, 4.69) is 4.74 Å². The van der Waals surface area contributed by atoms with Crippen LogP contribution in [0.3, 0.4) is 0 Å². The van der Waals surface area contributed by atoms with Gasteiger partial charge in [0.25, 0.3) is 0 Å². The highest BCUT2D eigenvalue weighted by Gasteiger charge is 2.16. The zero-order valence-electron chi connectivity index (χ0n) is 7.41. The van der Waals surface area contributed by atoms with Crippen LogP contribution >= 0.6 is 0 Å². The SMILES string of the molecule is COC(=O)c1cc(F)ccc1C(N)=O. The lowest BCUT2D eigenvalue weighted by Crippen LogP contribution is -2.17. The van der Waals surface area contributed by atoms with Crippen LogP contribution in [0.5, 0.6) is 0 Å². The third-order valence-electron chi connectivity index (χ3n) is 1.65. The van der Waals surface area contributed by atoms with Crippen LogP contribution in [-0.2, 0) is 4.74 Å². The van der Waals surface area contributed by atoms with Crippen LogP contribution in [0.1, 0.15) is 20.7 Å². The maximum absolute atomic E-state index is 12.7. The minimum absolute atomic E-state index is 0.0572. The quantitative estimate of drug-likeness (QED) is 0.710. The summed E-state index contributed by atoms with van der Waals surface area (Å²) >= 11 is 0. The third kappa shape index (κ3) is 1.87. The Labute approximate surface area is 79.5 Å². The van der Waals surface area contributed by atoms with Crippen molar-refractivity contribution in [2.45, 2.75) is 0 Å². The average Bonchev–Trinajstić information content (AvgIpc) is 2.16. The molecule has 0 spiro atoms. The van der Waals surface area contributed by atoms with E-state index < -0.39 is 17.7 Å². The van der Waals surface area contributed by atoms with Crippen LogP contribution in [0.4, 0.5) is 4.39 Å². The van der Waals surface area contributed by atoms with Crippen molar-refractivity contribution in [2.75, 3.05) is 7.11 Å². The van der Waals surface area contributed by atoms with Crippen LogP contribution in [0.25, 0.3) is 0 Å². The van der Waals surface area contributed by atoms with E-state index in [0.717, 1.165) is 25.3 Å². The standard InChI is InChI=1S/C9H8FNO3/c1-14-9(13)7-4-5(10)2-3-6(7)8(11)12/h2-4H,1H3,(H2,11,12). The van der Waals surface area contributed by atoms with Gasteiger partial charge in [0.15, 0.2) is 0 Å². The molecule has 0 fully saturated rings. The summed E-state index contributed by atoms with van der Waals surface area (Å²) in [4.78, 5) is 21.9. The van der Waals surface area contributed by atoms with E-state index in [9.17, 15) is 14.0 Å². The van der Waals surface area contributed by atoms with Gasteiger partial charge in [-0.15, -0.1) is 0 Å². The van der Waals surface area contributed by atoms with Crippen LogP contribution in [0.15, 0.2) is 18.2 Å². The molecule has 4 nitrogen and oxygen atoms in total. The minimum Gasteiger partial charge on any atom is -0.465 e.